The van der Waals surface area contributed by atoms with E-state index in [2.05, 4.69) is 5.43 Å². The highest BCUT2D eigenvalue weighted by Gasteiger charge is 1.97. The van der Waals surface area contributed by atoms with Gasteiger partial charge in [-0.2, -0.15) is 0 Å². The number of hydrogen-bond acceptors (Lipinski definition) is 3. The first kappa shape index (κ1) is 11.7. The molecule has 82 valence electrons. The molecule has 0 aliphatic heterocycles. The van der Waals surface area contributed by atoms with E-state index >= 15 is 0 Å². The fraction of sp³-hybridized carbons (Fsp3) is 0.364. The summed E-state index contributed by atoms with van der Waals surface area (Å²) >= 11 is 0. The van der Waals surface area contributed by atoms with Crippen LogP contribution in [0.5, 0.6) is 0 Å². The first-order valence-electron chi connectivity index (χ1n) is 4.94. The lowest BCUT2D eigenvalue weighted by Crippen LogP contribution is -2.29. The van der Waals surface area contributed by atoms with E-state index in [1.165, 1.54) is 0 Å². The van der Waals surface area contributed by atoms with E-state index in [4.69, 9.17) is 10.6 Å². The molecule has 0 bridgehead atoms. The smallest absolute Gasteiger partial charge is 0.233 e. The quantitative estimate of drug-likeness (QED) is 0.317. The average Bonchev–Trinajstić information content (AvgIpc) is 2.29. The molecule has 0 aromatic heterocycles. The van der Waals surface area contributed by atoms with Crippen LogP contribution in [-0.4, -0.2) is 12.5 Å². The van der Waals surface area contributed by atoms with Gasteiger partial charge in [0.25, 0.3) is 0 Å². The maximum absolute atomic E-state index is 10.8. The van der Waals surface area contributed by atoms with Crippen LogP contribution in [0.2, 0.25) is 0 Å². The molecule has 0 atom stereocenters. The van der Waals surface area contributed by atoms with Crippen molar-refractivity contribution in [1.82, 2.24) is 5.43 Å². The molecule has 0 saturated heterocycles. The number of benzene rings is 1. The van der Waals surface area contributed by atoms with Crippen molar-refractivity contribution in [1.29, 1.82) is 0 Å². The summed E-state index contributed by atoms with van der Waals surface area (Å²) in [4.78, 5) is 10.8. The van der Waals surface area contributed by atoms with E-state index in [9.17, 15) is 4.79 Å². The number of nitrogens with two attached hydrogens (primary N) is 1. The molecular weight excluding hydrogens is 192 g/mol. The van der Waals surface area contributed by atoms with Crippen LogP contribution >= 0.6 is 0 Å². The van der Waals surface area contributed by atoms with Gasteiger partial charge in [0.05, 0.1) is 6.61 Å². The number of amides is 1. The predicted molar refractivity (Wildman–Crippen MR) is 57.7 cm³/mol. The van der Waals surface area contributed by atoms with Crippen molar-refractivity contribution < 1.29 is 9.53 Å². The van der Waals surface area contributed by atoms with Gasteiger partial charge < -0.3 is 4.74 Å². The van der Waals surface area contributed by atoms with Gasteiger partial charge in [0.1, 0.15) is 0 Å². The van der Waals surface area contributed by atoms with Crippen LogP contribution in [0.25, 0.3) is 0 Å². The van der Waals surface area contributed by atoms with Crippen LogP contribution in [0, 0.1) is 0 Å². The molecular formula is C11H16N2O2. The van der Waals surface area contributed by atoms with Crippen molar-refractivity contribution in [2.45, 2.75) is 19.4 Å². The molecule has 1 rings (SSSR count). The Hall–Kier alpha value is -1.39. The van der Waals surface area contributed by atoms with Gasteiger partial charge >= 0.3 is 0 Å². The third kappa shape index (κ3) is 5.15. The molecule has 0 fully saturated rings. The molecule has 0 saturated carbocycles. The zero-order chi connectivity index (χ0) is 10.9. The minimum atomic E-state index is -0.154. The second kappa shape index (κ2) is 6.98. The van der Waals surface area contributed by atoms with Crippen LogP contribution in [0.15, 0.2) is 30.3 Å². The summed E-state index contributed by atoms with van der Waals surface area (Å²) in [5.41, 5.74) is 3.22. The monoisotopic (exact) mass is 208 g/mol. The van der Waals surface area contributed by atoms with E-state index in [-0.39, 0.29) is 5.91 Å². The number of nitrogens with one attached hydrogen (secondary N) is 1. The third-order valence-corrected chi connectivity index (χ3v) is 1.97. The van der Waals surface area contributed by atoms with Gasteiger partial charge in [-0.3, -0.25) is 10.2 Å². The van der Waals surface area contributed by atoms with Gasteiger partial charge in [-0.1, -0.05) is 30.3 Å². The minimum absolute atomic E-state index is 0.154. The van der Waals surface area contributed by atoms with Crippen molar-refractivity contribution in [3.63, 3.8) is 0 Å². The molecule has 4 nitrogen and oxygen atoms in total. The first-order chi connectivity index (χ1) is 7.33. The van der Waals surface area contributed by atoms with Crippen molar-refractivity contribution in [3.8, 4) is 0 Å². The lowest BCUT2D eigenvalue weighted by Gasteiger charge is -2.03. The Balaban J connectivity index is 2.05. The van der Waals surface area contributed by atoms with Crippen LogP contribution in [0.1, 0.15) is 18.4 Å². The van der Waals surface area contributed by atoms with Gasteiger partial charge in [-0.15, -0.1) is 0 Å². The lowest BCUT2D eigenvalue weighted by molar-refractivity contribution is -0.121. The number of ether oxygens (including phenoxy) is 1. The van der Waals surface area contributed by atoms with Gasteiger partial charge in [-0.05, 0) is 12.0 Å². The Labute approximate surface area is 89.4 Å². The van der Waals surface area contributed by atoms with Crippen LogP contribution in [0.3, 0.4) is 0 Å². The Morgan fingerprint density at radius 1 is 1.33 bits per heavy atom. The largest absolute Gasteiger partial charge is 0.377 e. The third-order valence-electron chi connectivity index (χ3n) is 1.97. The Morgan fingerprint density at radius 2 is 2.07 bits per heavy atom. The summed E-state index contributed by atoms with van der Waals surface area (Å²) in [6.45, 7) is 1.16. The molecule has 4 heteroatoms. The molecule has 0 radical (unpaired) electrons. The van der Waals surface area contributed by atoms with E-state index in [0.717, 1.165) is 5.56 Å². The predicted octanol–water partition coefficient (Wildman–Crippen LogP) is 0.973. The average molecular weight is 208 g/mol. The van der Waals surface area contributed by atoms with Crippen molar-refractivity contribution >= 4 is 5.91 Å². The van der Waals surface area contributed by atoms with Gasteiger partial charge in [0.2, 0.25) is 5.91 Å². The summed E-state index contributed by atoms with van der Waals surface area (Å²) in [7, 11) is 0. The highest BCUT2D eigenvalue weighted by molar-refractivity contribution is 5.75. The molecule has 3 N–H and O–H groups in total. The maximum Gasteiger partial charge on any atom is 0.233 e. The highest BCUT2D eigenvalue weighted by Crippen LogP contribution is 2.01. The zero-order valence-corrected chi connectivity index (χ0v) is 8.61. The van der Waals surface area contributed by atoms with E-state index in [0.29, 0.717) is 26.1 Å². The molecule has 1 amide bonds. The molecule has 15 heavy (non-hydrogen) atoms. The van der Waals surface area contributed by atoms with Crippen LogP contribution in [-0.2, 0) is 16.1 Å². The summed E-state index contributed by atoms with van der Waals surface area (Å²) < 4.78 is 5.39. The standard InChI is InChI=1S/C11H16N2O2/c12-13-11(14)7-4-8-15-9-10-5-2-1-3-6-10/h1-3,5-6H,4,7-9,12H2,(H,13,14). The van der Waals surface area contributed by atoms with Crippen molar-refractivity contribution in [2.75, 3.05) is 6.61 Å². The Kier molecular flexibility index (Phi) is 5.43. The van der Waals surface area contributed by atoms with Crippen molar-refractivity contribution in [2.24, 2.45) is 5.84 Å². The van der Waals surface area contributed by atoms with Crippen LogP contribution < -0.4 is 11.3 Å². The van der Waals surface area contributed by atoms with E-state index in [1.54, 1.807) is 0 Å². The Bertz CT molecular complexity index is 288. The summed E-state index contributed by atoms with van der Waals surface area (Å²) in [5.74, 6) is 4.78. The summed E-state index contributed by atoms with van der Waals surface area (Å²) in [5, 5.41) is 0. The molecule has 0 aliphatic rings. The normalized spacial score (nSPS) is 9.93. The number of hydrazine groups is 1. The first-order valence-corrected chi connectivity index (χ1v) is 4.94. The SMILES string of the molecule is NNC(=O)CCCOCc1ccccc1. The van der Waals surface area contributed by atoms with Gasteiger partial charge in [0, 0.05) is 13.0 Å². The van der Waals surface area contributed by atoms with E-state index in [1.807, 2.05) is 30.3 Å². The number of carbonyl (C=O) groups excluding carboxylic acids is 1. The summed E-state index contributed by atoms with van der Waals surface area (Å²) in [6, 6.07) is 9.93. The fourth-order valence-electron chi connectivity index (χ4n) is 1.17. The zero-order valence-electron chi connectivity index (χ0n) is 8.61. The number of hydrogen-bond donors (Lipinski definition) is 2. The number of rotatable bonds is 6. The van der Waals surface area contributed by atoms with Crippen molar-refractivity contribution in [3.05, 3.63) is 35.9 Å². The summed E-state index contributed by atoms with van der Waals surface area (Å²) in [6.07, 6.45) is 1.10. The molecule has 0 spiro atoms. The highest BCUT2D eigenvalue weighted by atomic mass is 16.5. The number of carbonyl (C=O) groups is 1. The minimum Gasteiger partial charge on any atom is -0.377 e. The lowest BCUT2D eigenvalue weighted by atomic mass is 10.2. The topological polar surface area (TPSA) is 64.3 Å². The second-order valence-corrected chi connectivity index (χ2v) is 3.21. The molecule has 0 heterocycles. The van der Waals surface area contributed by atoms with Gasteiger partial charge in [-0.25, -0.2) is 5.84 Å². The molecule has 0 aliphatic carbocycles. The molecule has 1 aromatic rings. The fourth-order valence-corrected chi connectivity index (χ4v) is 1.17. The molecule has 1 aromatic carbocycles. The Morgan fingerprint density at radius 3 is 2.73 bits per heavy atom. The van der Waals surface area contributed by atoms with Crippen LogP contribution in [0.4, 0.5) is 0 Å². The van der Waals surface area contributed by atoms with Gasteiger partial charge in [0.15, 0.2) is 0 Å². The second-order valence-electron chi connectivity index (χ2n) is 3.21. The van der Waals surface area contributed by atoms with E-state index < -0.39 is 0 Å². The maximum atomic E-state index is 10.8. The molecule has 0 unspecified atom stereocenters.